The zero-order valence-corrected chi connectivity index (χ0v) is 13.3. The molecule has 0 spiro atoms. The van der Waals surface area contributed by atoms with E-state index in [2.05, 4.69) is 21.4 Å². The summed E-state index contributed by atoms with van der Waals surface area (Å²) in [6.07, 6.45) is 2.47. The van der Waals surface area contributed by atoms with E-state index < -0.39 is 0 Å². The van der Waals surface area contributed by atoms with Gasteiger partial charge in [-0.2, -0.15) is 5.10 Å². The standard InChI is InChI=1S/C16H22N4O2/c1-10-7-15(18-17-10)13-5-4-6-20(9-13)16(21)8-14-11(2)19-22-12(14)3/h7,13H,4-6,8-9H2,1-3H3,(H,17,18). The highest BCUT2D eigenvalue weighted by Gasteiger charge is 2.27. The van der Waals surface area contributed by atoms with Crippen LogP contribution in [0.1, 0.15) is 47.2 Å². The fraction of sp³-hybridized carbons (Fsp3) is 0.562. The highest BCUT2D eigenvalue weighted by Crippen LogP contribution is 2.26. The van der Waals surface area contributed by atoms with Gasteiger partial charge in [-0.25, -0.2) is 0 Å². The van der Waals surface area contributed by atoms with Crippen molar-refractivity contribution in [3.8, 4) is 0 Å². The molecule has 3 heterocycles. The zero-order valence-electron chi connectivity index (χ0n) is 13.3. The van der Waals surface area contributed by atoms with Crippen molar-refractivity contribution in [1.29, 1.82) is 0 Å². The summed E-state index contributed by atoms with van der Waals surface area (Å²) < 4.78 is 5.14. The molecule has 2 aromatic rings. The van der Waals surface area contributed by atoms with Gasteiger partial charge in [0.1, 0.15) is 5.76 Å². The van der Waals surface area contributed by atoms with Crippen molar-refractivity contribution in [2.45, 2.75) is 46.0 Å². The van der Waals surface area contributed by atoms with E-state index in [0.29, 0.717) is 12.3 Å². The first kappa shape index (κ1) is 14.8. The minimum Gasteiger partial charge on any atom is -0.361 e. The third kappa shape index (κ3) is 2.91. The smallest absolute Gasteiger partial charge is 0.227 e. The molecule has 118 valence electrons. The van der Waals surface area contributed by atoms with E-state index in [4.69, 9.17) is 4.52 Å². The zero-order chi connectivity index (χ0) is 15.7. The van der Waals surface area contributed by atoms with Crippen LogP contribution in [0, 0.1) is 20.8 Å². The maximum absolute atomic E-state index is 12.6. The monoisotopic (exact) mass is 302 g/mol. The summed E-state index contributed by atoms with van der Waals surface area (Å²) in [7, 11) is 0. The van der Waals surface area contributed by atoms with Crippen LogP contribution in [0.4, 0.5) is 0 Å². The fourth-order valence-electron chi connectivity index (χ4n) is 3.11. The van der Waals surface area contributed by atoms with Crippen LogP contribution in [0.25, 0.3) is 0 Å². The molecule has 22 heavy (non-hydrogen) atoms. The number of rotatable bonds is 3. The number of carbonyl (C=O) groups is 1. The number of likely N-dealkylation sites (tertiary alicyclic amines) is 1. The lowest BCUT2D eigenvalue weighted by molar-refractivity contribution is -0.131. The van der Waals surface area contributed by atoms with Crippen molar-refractivity contribution in [1.82, 2.24) is 20.3 Å². The van der Waals surface area contributed by atoms with Gasteiger partial charge in [0.2, 0.25) is 5.91 Å². The third-order valence-corrected chi connectivity index (χ3v) is 4.43. The molecule has 6 heteroatoms. The lowest BCUT2D eigenvalue weighted by Gasteiger charge is -2.32. The number of carbonyl (C=O) groups excluding carboxylic acids is 1. The van der Waals surface area contributed by atoms with Crippen molar-refractivity contribution in [2.24, 2.45) is 0 Å². The first-order valence-corrected chi connectivity index (χ1v) is 7.76. The average molecular weight is 302 g/mol. The summed E-state index contributed by atoms with van der Waals surface area (Å²) in [6, 6.07) is 2.08. The third-order valence-electron chi connectivity index (χ3n) is 4.43. The number of amides is 1. The minimum absolute atomic E-state index is 0.145. The lowest BCUT2D eigenvalue weighted by Crippen LogP contribution is -2.40. The molecule has 1 aliphatic rings. The second-order valence-electron chi connectivity index (χ2n) is 6.13. The predicted molar refractivity (Wildman–Crippen MR) is 81.6 cm³/mol. The Morgan fingerprint density at radius 1 is 1.45 bits per heavy atom. The van der Waals surface area contributed by atoms with Crippen molar-refractivity contribution >= 4 is 5.91 Å². The number of aryl methyl sites for hydroxylation is 3. The number of nitrogens with one attached hydrogen (secondary N) is 1. The van der Waals surface area contributed by atoms with Gasteiger partial charge < -0.3 is 9.42 Å². The molecule has 1 fully saturated rings. The summed E-state index contributed by atoms with van der Waals surface area (Å²) in [6.45, 7) is 7.30. The van der Waals surface area contributed by atoms with Crippen LogP contribution < -0.4 is 0 Å². The Morgan fingerprint density at radius 3 is 2.91 bits per heavy atom. The molecular weight excluding hydrogens is 280 g/mol. The van der Waals surface area contributed by atoms with E-state index in [-0.39, 0.29) is 5.91 Å². The van der Waals surface area contributed by atoms with Crippen molar-refractivity contribution in [3.63, 3.8) is 0 Å². The van der Waals surface area contributed by atoms with Gasteiger partial charge in [0.25, 0.3) is 0 Å². The van der Waals surface area contributed by atoms with Crippen LogP contribution in [0.2, 0.25) is 0 Å². The number of aromatic amines is 1. The van der Waals surface area contributed by atoms with Crippen LogP contribution in [0.3, 0.4) is 0 Å². The second-order valence-corrected chi connectivity index (χ2v) is 6.13. The van der Waals surface area contributed by atoms with Crippen molar-refractivity contribution < 1.29 is 9.32 Å². The van der Waals surface area contributed by atoms with Crippen molar-refractivity contribution in [2.75, 3.05) is 13.1 Å². The average Bonchev–Trinajstić information content (AvgIpc) is 3.08. The Morgan fingerprint density at radius 2 is 2.27 bits per heavy atom. The van der Waals surface area contributed by atoms with Crippen molar-refractivity contribution in [3.05, 3.63) is 34.5 Å². The van der Waals surface area contributed by atoms with Gasteiger partial charge in [-0.15, -0.1) is 0 Å². The molecule has 0 radical (unpaired) electrons. The molecule has 1 aliphatic heterocycles. The van der Waals surface area contributed by atoms with Crippen LogP contribution in [-0.2, 0) is 11.2 Å². The molecular formula is C16H22N4O2. The summed E-state index contributed by atoms with van der Waals surface area (Å²) in [5, 5.41) is 11.3. The molecule has 1 saturated heterocycles. The molecule has 0 saturated carbocycles. The fourth-order valence-corrected chi connectivity index (χ4v) is 3.11. The summed E-state index contributed by atoms with van der Waals surface area (Å²) >= 11 is 0. The van der Waals surface area contributed by atoms with Gasteiger partial charge in [-0.05, 0) is 39.7 Å². The van der Waals surface area contributed by atoms with Crippen LogP contribution in [0.15, 0.2) is 10.6 Å². The molecule has 1 amide bonds. The highest BCUT2D eigenvalue weighted by atomic mass is 16.5. The highest BCUT2D eigenvalue weighted by molar-refractivity contribution is 5.79. The molecule has 1 atom stereocenters. The predicted octanol–water partition coefficient (Wildman–Crippen LogP) is 2.27. The number of hydrogen-bond donors (Lipinski definition) is 1. The van der Waals surface area contributed by atoms with E-state index in [0.717, 1.165) is 54.3 Å². The molecule has 3 rings (SSSR count). The first-order chi connectivity index (χ1) is 10.5. The lowest BCUT2D eigenvalue weighted by atomic mass is 9.94. The van der Waals surface area contributed by atoms with Gasteiger partial charge >= 0.3 is 0 Å². The molecule has 0 aromatic carbocycles. The van der Waals surface area contributed by atoms with Gasteiger partial charge in [-0.3, -0.25) is 9.89 Å². The summed E-state index contributed by atoms with van der Waals surface area (Å²) in [5.41, 5.74) is 3.85. The maximum Gasteiger partial charge on any atom is 0.227 e. The number of hydrogen-bond acceptors (Lipinski definition) is 4. The van der Waals surface area contributed by atoms with E-state index in [1.54, 1.807) is 0 Å². The molecule has 6 nitrogen and oxygen atoms in total. The Kier molecular flexibility index (Phi) is 4.00. The van der Waals surface area contributed by atoms with Gasteiger partial charge in [0, 0.05) is 30.3 Å². The Hall–Kier alpha value is -2.11. The van der Waals surface area contributed by atoms with E-state index >= 15 is 0 Å². The van der Waals surface area contributed by atoms with Gasteiger partial charge in [-0.1, -0.05) is 5.16 Å². The molecule has 1 N–H and O–H groups in total. The first-order valence-electron chi connectivity index (χ1n) is 7.76. The topological polar surface area (TPSA) is 75.0 Å². The quantitative estimate of drug-likeness (QED) is 0.943. The second kappa shape index (κ2) is 5.94. The van der Waals surface area contributed by atoms with Crippen LogP contribution in [-0.4, -0.2) is 39.3 Å². The Bertz CT molecular complexity index is 654. The number of nitrogens with zero attached hydrogens (tertiary/aromatic N) is 3. The molecule has 0 aliphatic carbocycles. The molecule has 0 bridgehead atoms. The largest absolute Gasteiger partial charge is 0.361 e. The maximum atomic E-state index is 12.6. The van der Waals surface area contributed by atoms with Crippen LogP contribution >= 0.6 is 0 Å². The number of H-pyrrole nitrogens is 1. The summed E-state index contributed by atoms with van der Waals surface area (Å²) in [4.78, 5) is 14.5. The normalized spacial score (nSPS) is 18.7. The molecule has 1 unspecified atom stereocenters. The Labute approximate surface area is 129 Å². The van der Waals surface area contributed by atoms with E-state index in [1.807, 2.05) is 25.7 Å². The van der Waals surface area contributed by atoms with Gasteiger partial charge in [0.15, 0.2) is 0 Å². The Balaban J connectivity index is 1.68. The SMILES string of the molecule is Cc1cc(C2CCCN(C(=O)Cc3c(C)noc3C)C2)n[nH]1. The number of piperidine rings is 1. The van der Waals surface area contributed by atoms with Crippen LogP contribution in [0.5, 0.6) is 0 Å². The molecule has 2 aromatic heterocycles. The van der Waals surface area contributed by atoms with Gasteiger partial charge in [0.05, 0.1) is 17.8 Å². The van der Waals surface area contributed by atoms with E-state index in [1.165, 1.54) is 0 Å². The number of aromatic nitrogens is 3. The van der Waals surface area contributed by atoms with E-state index in [9.17, 15) is 4.79 Å². The summed E-state index contributed by atoms with van der Waals surface area (Å²) in [5.74, 6) is 1.21. The minimum atomic E-state index is 0.145.